The summed E-state index contributed by atoms with van der Waals surface area (Å²) in [4.78, 5) is 11.6. The molecule has 19 heavy (non-hydrogen) atoms. The van der Waals surface area contributed by atoms with Gasteiger partial charge in [0.1, 0.15) is 5.75 Å². The molecule has 2 rings (SSSR count). The first-order chi connectivity index (χ1) is 9.17. The molecule has 2 aromatic carbocycles. The number of rotatable bonds is 2. The fraction of sp³-hybridized carbons (Fsp3) is 0.0667. The lowest BCUT2D eigenvalue weighted by Crippen LogP contribution is -2.16. The maximum absolute atomic E-state index is 11.6. The number of benzene rings is 2. The van der Waals surface area contributed by atoms with E-state index in [9.17, 15) is 4.79 Å². The van der Waals surface area contributed by atoms with E-state index in [1.165, 1.54) is 0 Å². The number of carbonyl (C=O) groups excluding carboxylic acids is 1. The molecule has 4 heteroatoms. The SMILES string of the molecule is Cc1ccc(NC(=O)Oc2ccc(C#N)cc2)cc1. The molecule has 0 fully saturated rings. The van der Waals surface area contributed by atoms with Crippen molar-refractivity contribution >= 4 is 11.8 Å². The van der Waals surface area contributed by atoms with Crippen LogP contribution in [0.4, 0.5) is 10.5 Å². The molecular weight excluding hydrogens is 240 g/mol. The van der Waals surface area contributed by atoms with E-state index >= 15 is 0 Å². The number of ether oxygens (including phenoxy) is 1. The van der Waals surface area contributed by atoms with Crippen molar-refractivity contribution in [1.29, 1.82) is 5.26 Å². The molecule has 1 N–H and O–H groups in total. The summed E-state index contributed by atoms with van der Waals surface area (Å²) < 4.78 is 5.09. The minimum atomic E-state index is -0.562. The van der Waals surface area contributed by atoms with E-state index in [4.69, 9.17) is 10.00 Å². The van der Waals surface area contributed by atoms with Crippen LogP contribution in [-0.4, -0.2) is 6.09 Å². The standard InChI is InChI=1S/C15H12N2O2/c1-11-2-6-13(7-3-11)17-15(18)19-14-8-4-12(10-16)5-9-14/h2-9H,1H3,(H,17,18). The lowest BCUT2D eigenvalue weighted by molar-refractivity contribution is 0.215. The molecule has 0 radical (unpaired) electrons. The predicted octanol–water partition coefficient (Wildman–Crippen LogP) is 3.48. The zero-order chi connectivity index (χ0) is 13.7. The molecule has 0 aliphatic rings. The maximum Gasteiger partial charge on any atom is 0.417 e. The summed E-state index contributed by atoms with van der Waals surface area (Å²) in [5.74, 6) is 0.392. The normalized spacial score (nSPS) is 9.47. The summed E-state index contributed by atoms with van der Waals surface area (Å²) in [6.45, 7) is 1.97. The second-order valence-corrected chi connectivity index (χ2v) is 4.02. The van der Waals surface area contributed by atoms with Gasteiger partial charge in [-0.15, -0.1) is 0 Å². The zero-order valence-electron chi connectivity index (χ0n) is 10.4. The molecule has 1 amide bonds. The third-order valence-electron chi connectivity index (χ3n) is 2.49. The maximum atomic E-state index is 11.6. The largest absolute Gasteiger partial charge is 0.417 e. The summed E-state index contributed by atoms with van der Waals surface area (Å²) >= 11 is 0. The van der Waals surface area contributed by atoms with Crippen LogP contribution >= 0.6 is 0 Å². The number of amides is 1. The lowest BCUT2D eigenvalue weighted by Gasteiger charge is -2.06. The van der Waals surface area contributed by atoms with E-state index in [1.807, 2.05) is 25.1 Å². The average molecular weight is 252 g/mol. The monoisotopic (exact) mass is 252 g/mol. The van der Waals surface area contributed by atoms with Gasteiger partial charge in [0.15, 0.2) is 0 Å². The van der Waals surface area contributed by atoms with Crippen molar-refractivity contribution < 1.29 is 9.53 Å². The smallest absolute Gasteiger partial charge is 0.410 e. The molecule has 0 saturated heterocycles. The van der Waals surface area contributed by atoms with Crippen LogP contribution in [-0.2, 0) is 0 Å². The van der Waals surface area contributed by atoms with Crippen molar-refractivity contribution in [3.63, 3.8) is 0 Å². The number of carbonyl (C=O) groups is 1. The van der Waals surface area contributed by atoms with E-state index in [1.54, 1.807) is 36.4 Å². The number of aryl methyl sites for hydroxylation is 1. The summed E-state index contributed by atoms with van der Waals surface area (Å²) in [6, 6.07) is 15.7. The Morgan fingerprint density at radius 2 is 1.74 bits per heavy atom. The number of hydrogen-bond acceptors (Lipinski definition) is 3. The highest BCUT2D eigenvalue weighted by Gasteiger charge is 2.04. The van der Waals surface area contributed by atoms with Crippen molar-refractivity contribution in [1.82, 2.24) is 0 Å². The molecule has 4 nitrogen and oxygen atoms in total. The quantitative estimate of drug-likeness (QED) is 0.890. The lowest BCUT2D eigenvalue weighted by atomic mass is 10.2. The van der Waals surface area contributed by atoms with Gasteiger partial charge in [-0.05, 0) is 43.3 Å². The first-order valence-electron chi connectivity index (χ1n) is 5.73. The Morgan fingerprint density at radius 3 is 2.32 bits per heavy atom. The van der Waals surface area contributed by atoms with Gasteiger partial charge in [-0.1, -0.05) is 17.7 Å². The van der Waals surface area contributed by atoms with Crippen LogP contribution in [0.15, 0.2) is 48.5 Å². The Kier molecular flexibility index (Phi) is 3.79. The number of nitrogens with zero attached hydrogens (tertiary/aromatic N) is 1. The Hall–Kier alpha value is -2.80. The molecule has 94 valence electrons. The van der Waals surface area contributed by atoms with Gasteiger partial charge in [-0.25, -0.2) is 4.79 Å². The topological polar surface area (TPSA) is 62.1 Å². The van der Waals surface area contributed by atoms with Crippen molar-refractivity contribution in [2.24, 2.45) is 0 Å². The van der Waals surface area contributed by atoms with Crippen LogP contribution in [0.2, 0.25) is 0 Å². The third kappa shape index (κ3) is 3.58. The van der Waals surface area contributed by atoms with Crippen molar-refractivity contribution in [2.45, 2.75) is 6.92 Å². The minimum absolute atomic E-state index is 0.392. The molecule has 0 aromatic heterocycles. The molecule has 0 unspecified atom stereocenters. The van der Waals surface area contributed by atoms with E-state index < -0.39 is 6.09 Å². The predicted molar refractivity (Wildman–Crippen MR) is 72.0 cm³/mol. The van der Waals surface area contributed by atoms with E-state index in [2.05, 4.69) is 5.32 Å². The van der Waals surface area contributed by atoms with Crippen LogP contribution in [0.25, 0.3) is 0 Å². The number of hydrogen-bond donors (Lipinski definition) is 1. The zero-order valence-corrected chi connectivity index (χ0v) is 10.4. The van der Waals surface area contributed by atoms with Gasteiger partial charge in [-0.2, -0.15) is 5.26 Å². The van der Waals surface area contributed by atoms with Gasteiger partial charge in [0, 0.05) is 5.69 Å². The molecule has 0 bridgehead atoms. The summed E-state index contributed by atoms with van der Waals surface area (Å²) in [5, 5.41) is 11.3. The van der Waals surface area contributed by atoms with Gasteiger partial charge in [0.25, 0.3) is 0 Å². The first kappa shape index (κ1) is 12.7. The number of nitriles is 1. The van der Waals surface area contributed by atoms with Gasteiger partial charge in [0.2, 0.25) is 0 Å². The highest BCUT2D eigenvalue weighted by atomic mass is 16.6. The van der Waals surface area contributed by atoms with Crippen molar-refractivity contribution in [3.05, 3.63) is 59.7 Å². The average Bonchev–Trinajstić information content (AvgIpc) is 2.42. The second kappa shape index (κ2) is 5.69. The van der Waals surface area contributed by atoms with Gasteiger partial charge < -0.3 is 4.74 Å². The van der Waals surface area contributed by atoms with Crippen LogP contribution in [0.3, 0.4) is 0 Å². The molecule has 2 aromatic rings. The Morgan fingerprint density at radius 1 is 1.11 bits per heavy atom. The fourth-order valence-electron chi connectivity index (χ4n) is 1.48. The molecule has 0 saturated carbocycles. The second-order valence-electron chi connectivity index (χ2n) is 4.02. The Balaban J connectivity index is 1.97. The summed E-state index contributed by atoms with van der Waals surface area (Å²) in [6.07, 6.45) is -0.562. The summed E-state index contributed by atoms with van der Waals surface area (Å²) in [5.41, 5.74) is 2.31. The van der Waals surface area contributed by atoms with Crippen LogP contribution in [0.1, 0.15) is 11.1 Å². The van der Waals surface area contributed by atoms with Crippen molar-refractivity contribution in [2.75, 3.05) is 5.32 Å². The van der Waals surface area contributed by atoms with E-state index in [-0.39, 0.29) is 0 Å². The van der Waals surface area contributed by atoms with Crippen LogP contribution in [0, 0.1) is 18.3 Å². The van der Waals surface area contributed by atoms with Crippen LogP contribution < -0.4 is 10.1 Å². The van der Waals surface area contributed by atoms with Gasteiger partial charge in [0.05, 0.1) is 11.6 Å². The number of nitrogens with one attached hydrogen (secondary N) is 1. The van der Waals surface area contributed by atoms with E-state index in [0.29, 0.717) is 17.0 Å². The Labute approximate surface area is 111 Å². The summed E-state index contributed by atoms with van der Waals surface area (Å²) in [7, 11) is 0. The highest BCUT2D eigenvalue weighted by molar-refractivity contribution is 5.86. The highest BCUT2D eigenvalue weighted by Crippen LogP contribution is 2.13. The fourth-order valence-corrected chi connectivity index (χ4v) is 1.48. The minimum Gasteiger partial charge on any atom is -0.410 e. The van der Waals surface area contributed by atoms with Gasteiger partial charge >= 0.3 is 6.09 Å². The number of anilines is 1. The molecule has 0 spiro atoms. The molecule has 0 heterocycles. The Bertz CT molecular complexity index is 610. The van der Waals surface area contributed by atoms with Crippen LogP contribution in [0.5, 0.6) is 5.75 Å². The van der Waals surface area contributed by atoms with Gasteiger partial charge in [-0.3, -0.25) is 5.32 Å². The third-order valence-corrected chi connectivity index (χ3v) is 2.49. The van der Waals surface area contributed by atoms with E-state index in [0.717, 1.165) is 5.56 Å². The molecule has 0 atom stereocenters. The molecule has 0 aliphatic carbocycles. The molecule has 0 aliphatic heterocycles. The first-order valence-corrected chi connectivity index (χ1v) is 5.73. The van der Waals surface area contributed by atoms with Crippen molar-refractivity contribution in [3.8, 4) is 11.8 Å². The molecular formula is C15H12N2O2.